The van der Waals surface area contributed by atoms with Gasteiger partial charge in [0.25, 0.3) is 0 Å². The fourth-order valence-electron chi connectivity index (χ4n) is 3.84. The fourth-order valence-corrected chi connectivity index (χ4v) is 3.84. The van der Waals surface area contributed by atoms with Gasteiger partial charge < -0.3 is 14.9 Å². The van der Waals surface area contributed by atoms with Crippen LogP contribution in [-0.4, -0.2) is 46.0 Å². The van der Waals surface area contributed by atoms with Crippen molar-refractivity contribution >= 4 is 12.2 Å². The topological polar surface area (TPSA) is 65.4 Å². The van der Waals surface area contributed by atoms with Crippen molar-refractivity contribution in [2.45, 2.75) is 31.3 Å². The summed E-state index contributed by atoms with van der Waals surface area (Å²) in [6.07, 6.45) is 4.45. The minimum absolute atomic E-state index is 0.0486. The number of rotatable bonds is 3. The van der Waals surface area contributed by atoms with Crippen molar-refractivity contribution in [1.29, 1.82) is 0 Å². The van der Waals surface area contributed by atoms with E-state index in [9.17, 15) is 4.79 Å². The zero-order valence-corrected chi connectivity index (χ0v) is 13.9. The first kappa shape index (κ1) is 15.7. The highest BCUT2D eigenvalue weighted by Gasteiger charge is 2.63. The average molecular weight is 339 g/mol. The van der Waals surface area contributed by atoms with E-state index in [1.807, 2.05) is 54.6 Å². The third-order valence-electron chi connectivity index (χ3n) is 5.33. The summed E-state index contributed by atoms with van der Waals surface area (Å²) in [5.41, 5.74) is 0.0905. The molecule has 6 nitrogen and oxygen atoms in total. The second-order valence-electron chi connectivity index (χ2n) is 6.85. The number of fused-ring (bicyclic) bond motifs is 3. The molecule has 1 spiro atoms. The van der Waals surface area contributed by atoms with E-state index >= 15 is 0 Å². The van der Waals surface area contributed by atoms with Crippen LogP contribution in [0.5, 0.6) is 5.75 Å². The summed E-state index contributed by atoms with van der Waals surface area (Å²) in [5, 5.41) is 13.6. The summed E-state index contributed by atoms with van der Waals surface area (Å²) in [6.45, 7) is 0.616. The van der Waals surface area contributed by atoms with Crippen LogP contribution in [0, 0.1) is 5.41 Å². The van der Waals surface area contributed by atoms with E-state index in [1.165, 1.54) is 11.3 Å². The van der Waals surface area contributed by atoms with Gasteiger partial charge >= 0.3 is 6.03 Å². The Hall–Kier alpha value is -2.76. The van der Waals surface area contributed by atoms with Gasteiger partial charge in [0.2, 0.25) is 0 Å². The smallest absolute Gasteiger partial charge is 0.354 e. The largest absolute Gasteiger partial charge is 0.411 e. The Labute approximate surface area is 146 Å². The van der Waals surface area contributed by atoms with Gasteiger partial charge in [-0.1, -0.05) is 47.6 Å². The summed E-state index contributed by atoms with van der Waals surface area (Å²) in [7, 11) is 0. The highest BCUT2D eigenvalue weighted by molar-refractivity contribution is 5.82. The fraction of sp³-hybridized carbons (Fsp3) is 0.368. The summed E-state index contributed by atoms with van der Waals surface area (Å²) < 4.78 is 0. The Morgan fingerprint density at radius 1 is 1.12 bits per heavy atom. The first-order valence-electron chi connectivity index (χ1n) is 8.57. The van der Waals surface area contributed by atoms with Gasteiger partial charge in [-0.15, -0.1) is 0 Å². The number of oxime groups is 1. The molecule has 2 heterocycles. The van der Waals surface area contributed by atoms with Gasteiger partial charge in [-0.05, 0) is 36.8 Å². The molecule has 1 aliphatic carbocycles. The van der Waals surface area contributed by atoms with E-state index in [2.05, 4.69) is 5.16 Å². The molecule has 1 aromatic rings. The number of carbonyl (C=O) groups is 1. The monoisotopic (exact) mass is 339 g/mol. The number of nitrogens with zero attached hydrogens (tertiary/aromatic N) is 3. The van der Waals surface area contributed by atoms with Crippen LogP contribution in [0.1, 0.15) is 19.3 Å². The molecule has 2 atom stereocenters. The third kappa shape index (κ3) is 2.88. The van der Waals surface area contributed by atoms with Crippen LogP contribution >= 0.6 is 0 Å². The number of urea groups is 1. The molecule has 1 saturated carbocycles. The maximum Gasteiger partial charge on any atom is 0.354 e. The summed E-state index contributed by atoms with van der Waals surface area (Å²) in [5.74, 6) is 0.612. The van der Waals surface area contributed by atoms with E-state index in [0.29, 0.717) is 12.3 Å². The molecule has 130 valence electrons. The predicted molar refractivity (Wildman–Crippen MR) is 92.8 cm³/mol. The van der Waals surface area contributed by atoms with Gasteiger partial charge in [-0.25, -0.2) is 4.79 Å². The van der Waals surface area contributed by atoms with Gasteiger partial charge in [0.15, 0.2) is 5.75 Å². The second kappa shape index (κ2) is 6.27. The van der Waals surface area contributed by atoms with Crippen molar-refractivity contribution in [3.05, 3.63) is 54.6 Å². The first-order valence-corrected chi connectivity index (χ1v) is 8.57. The highest BCUT2D eigenvalue weighted by atomic mass is 16.7. The normalized spacial score (nSPS) is 26.0. The van der Waals surface area contributed by atoms with Gasteiger partial charge in [0, 0.05) is 6.54 Å². The zero-order valence-electron chi connectivity index (χ0n) is 13.9. The van der Waals surface area contributed by atoms with Gasteiger partial charge in [-0.3, -0.25) is 0 Å². The van der Waals surface area contributed by atoms with Crippen molar-refractivity contribution in [2.24, 2.45) is 10.6 Å². The SMILES string of the molecule is O=C1N2CC(N1Oc1ccccccccc1)C1(CC1)CC2/C=N/O. The van der Waals surface area contributed by atoms with Crippen molar-refractivity contribution < 1.29 is 14.8 Å². The molecule has 2 amide bonds. The summed E-state index contributed by atoms with van der Waals surface area (Å²) in [4.78, 5) is 20.6. The molecular formula is C19H21N3O3. The Kier molecular flexibility index (Phi) is 3.95. The maximum atomic E-state index is 12.8. The molecule has 6 heteroatoms. The Balaban J connectivity index is 1.62. The van der Waals surface area contributed by atoms with E-state index in [1.54, 1.807) is 4.90 Å². The molecule has 3 aliphatic rings. The van der Waals surface area contributed by atoms with Crippen molar-refractivity contribution in [1.82, 2.24) is 9.96 Å². The van der Waals surface area contributed by atoms with Crippen LogP contribution in [0.2, 0.25) is 0 Å². The quantitative estimate of drug-likeness (QED) is 0.522. The van der Waals surface area contributed by atoms with Crippen LogP contribution < -0.4 is 4.84 Å². The van der Waals surface area contributed by atoms with Crippen LogP contribution in [0.15, 0.2) is 59.8 Å². The van der Waals surface area contributed by atoms with Gasteiger partial charge in [0.05, 0.1) is 18.3 Å². The van der Waals surface area contributed by atoms with Crippen LogP contribution in [0.25, 0.3) is 0 Å². The maximum absolute atomic E-state index is 12.8. The van der Waals surface area contributed by atoms with Gasteiger partial charge in [0.1, 0.15) is 0 Å². The minimum Gasteiger partial charge on any atom is -0.411 e. The van der Waals surface area contributed by atoms with Crippen molar-refractivity contribution in [3.63, 3.8) is 0 Å². The van der Waals surface area contributed by atoms with E-state index in [4.69, 9.17) is 10.0 Å². The number of hydroxylamine groups is 2. The second-order valence-corrected chi connectivity index (χ2v) is 6.85. The standard InChI is InChI=1S/C19H21N3O3/c23-18-21-14-17(19(10-11-19)12-15(21)13-20-24)22(18)25-16-8-6-4-2-1-3-5-7-9-16/h1-9,13,15,17,24H,10-12,14H2/b2-1?,3-1?,4-2?,5-3?,6-4?,7-5?,8-6?,9-7?,16-8?,16-9?,20-13+. The number of carbonyl (C=O) groups excluding carboxylic acids is 1. The average Bonchev–Trinajstić information content (AvgIpc) is 3.32. The molecule has 2 aliphatic heterocycles. The Morgan fingerprint density at radius 3 is 2.36 bits per heavy atom. The van der Waals surface area contributed by atoms with Crippen LogP contribution in [0.4, 0.5) is 4.79 Å². The van der Waals surface area contributed by atoms with Crippen molar-refractivity contribution in [2.75, 3.05) is 6.54 Å². The third-order valence-corrected chi connectivity index (χ3v) is 5.33. The summed E-state index contributed by atoms with van der Waals surface area (Å²) >= 11 is 0. The lowest BCUT2D eigenvalue weighted by molar-refractivity contribution is -0.0492. The minimum atomic E-state index is -0.163. The molecule has 25 heavy (non-hydrogen) atoms. The van der Waals surface area contributed by atoms with E-state index in [-0.39, 0.29) is 23.5 Å². The molecule has 4 rings (SSSR count). The van der Waals surface area contributed by atoms with E-state index in [0.717, 1.165) is 19.3 Å². The number of hydrogen-bond donors (Lipinski definition) is 1. The van der Waals surface area contributed by atoms with Crippen LogP contribution in [0.3, 0.4) is 0 Å². The van der Waals surface area contributed by atoms with Crippen LogP contribution in [-0.2, 0) is 0 Å². The lowest BCUT2D eigenvalue weighted by Crippen LogP contribution is -2.46. The number of amides is 2. The van der Waals surface area contributed by atoms with Gasteiger partial charge in [-0.2, -0.15) is 5.06 Å². The number of hydrogen-bond acceptors (Lipinski definition) is 4. The molecule has 2 bridgehead atoms. The Morgan fingerprint density at radius 2 is 1.76 bits per heavy atom. The molecule has 0 aromatic heterocycles. The molecule has 1 aromatic carbocycles. The van der Waals surface area contributed by atoms with E-state index < -0.39 is 0 Å². The van der Waals surface area contributed by atoms with Crippen molar-refractivity contribution in [3.8, 4) is 5.75 Å². The molecule has 2 saturated heterocycles. The first-order chi connectivity index (χ1) is 12.2. The number of piperidine rings is 1. The highest BCUT2D eigenvalue weighted by Crippen LogP contribution is 2.58. The molecule has 1 N–H and O–H groups in total. The molecular weight excluding hydrogens is 318 g/mol. The lowest BCUT2D eigenvalue weighted by atomic mass is 9.86. The lowest BCUT2D eigenvalue weighted by Gasteiger charge is -2.34. The zero-order chi connectivity index (χ0) is 17.3. The Bertz CT molecular complexity index is 721. The molecule has 0 radical (unpaired) electrons. The predicted octanol–water partition coefficient (Wildman–Crippen LogP) is 3.22. The molecule has 2 unspecified atom stereocenters. The summed E-state index contributed by atoms with van der Waals surface area (Å²) in [6, 6.07) is 16.8. The molecule has 3 fully saturated rings.